The van der Waals surface area contributed by atoms with Crippen molar-refractivity contribution in [3.8, 4) is 0 Å². The molecule has 2 aliphatic rings. The first-order chi connectivity index (χ1) is 9.70. The van der Waals surface area contributed by atoms with E-state index in [-0.39, 0.29) is 5.91 Å². The Morgan fingerprint density at radius 1 is 1.40 bits per heavy atom. The molecule has 1 saturated heterocycles. The Balaban J connectivity index is 1.41. The van der Waals surface area contributed by atoms with Gasteiger partial charge in [0.15, 0.2) is 0 Å². The van der Waals surface area contributed by atoms with E-state index in [1.165, 1.54) is 19.4 Å². The number of nitrogens with zero attached hydrogens (tertiary/aromatic N) is 2. The highest BCUT2D eigenvalue weighted by Gasteiger charge is 2.26. The zero-order valence-corrected chi connectivity index (χ0v) is 12.2. The lowest BCUT2D eigenvalue weighted by Gasteiger charge is -2.32. The summed E-state index contributed by atoms with van der Waals surface area (Å²) in [5, 5.41) is 10.7. The van der Waals surface area contributed by atoms with Gasteiger partial charge in [0, 0.05) is 24.8 Å². The van der Waals surface area contributed by atoms with Crippen LogP contribution in [-0.4, -0.2) is 46.7 Å². The van der Waals surface area contributed by atoms with Crippen LogP contribution in [-0.2, 0) is 11.2 Å². The molecule has 3 rings (SSSR count). The van der Waals surface area contributed by atoms with Crippen molar-refractivity contribution in [3.05, 3.63) is 17.5 Å². The van der Waals surface area contributed by atoms with Crippen LogP contribution in [0.2, 0.25) is 0 Å². The molecule has 1 aliphatic heterocycles. The third-order valence-electron chi connectivity index (χ3n) is 4.33. The third kappa shape index (κ3) is 3.60. The molecule has 2 fully saturated rings. The number of aryl methyl sites for hydroxylation is 1. The second-order valence-corrected chi connectivity index (χ2v) is 6.23. The molecule has 1 amide bonds. The first-order valence-electron chi connectivity index (χ1n) is 7.73. The molecule has 5 nitrogen and oxygen atoms in total. The molecule has 0 unspecified atom stereocenters. The van der Waals surface area contributed by atoms with E-state index in [0.29, 0.717) is 12.5 Å². The Hall–Kier alpha value is -1.36. The largest absolute Gasteiger partial charge is 0.342 e. The first kappa shape index (κ1) is 13.6. The molecule has 2 heterocycles. The molecule has 5 heteroatoms. The lowest BCUT2D eigenvalue weighted by Crippen LogP contribution is -2.45. The van der Waals surface area contributed by atoms with Crippen molar-refractivity contribution >= 4 is 5.91 Å². The van der Waals surface area contributed by atoms with Gasteiger partial charge in [0.25, 0.3) is 0 Å². The second-order valence-electron chi connectivity index (χ2n) is 6.23. The van der Waals surface area contributed by atoms with Gasteiger partial charge in [0.1, 0.15) is 0 Å². The fraction of sp³-hybridized carbons (Fsp3) is 0.733. The Kier molecular flexibility index (Phi) is 4.05. The van der Waals surface area contributed by atoms with Gasteiger partial charge < -0.3 is 10.2 Å². The molecule has 0 bridgehead atoms. The smallest absolute Gasteiger partial charge is 0.228 e. The SMILES string of the molecule is Cc1cc(CC(=O)N2CCC(NCC3CC3)CC2)n[nH]1. The van der Waals surface area contributed by atoms with Crippen LogP contribution in [0.1, 0.15) is 37.1 Å². The predicted octanol–water partition coefficient (Wildman–Crippen LogP) is 1.25. The molecule has 1 aromatic heterocycles. The zero-order valence-electron chi connectivity index (χ0n) is 12.2. The van der Waals surface area contributed by atoms with E-state index in [4.69, 9.17) is 0 Å². The van der Waals surface area contributed by atoms with E-state index in [1.807, 2.05) is 17.9 Å². The number of aromatic amines is 1. The average molecular weight is 276 g/mol. The summed E-state index contributed by atoms with van der Waals surface area (Å²) in [6.45, 7) is 4.89. The highest BCUT2D eigenvalue weighted by molar-refractivity contribution is 5.78. The highest BCUT2D eigenvalue weighted by Crippen LogP contribution is 2.28. The monoisotopic (exact) mass is 276 g/mol. The Labute approximate surface area is 120 Å². The van der Waals surface area contributed by atoms with E-state index < -0.39 is 0 Å². The lowest BCUT2D eigenvalue weighted by molar-refractivity contribution is -0.131. The molecule has 1 saturated carbocycles. The molecule has 0 atom stereocenters. The molecular formula is C15H24N4O. The maximum atomic E-state index is 12.2. The van der Waals surface area contributed by atoms with Gasteiger partial charge in [0.05, 0.1) is 12.1 Å². The summed E-state index contributed by atoms with van der Waals surface area (Å²) >= 11 is 0. The summed E-state index contributed by atoms with van der Waals surface area (Å²) in [5.74, 6) is 1.13. The van der Waals surface area contributed by atoms with E-state index in [2.05, 4.69) is 15.5 Å². The number of hydrogen-bond donors (Lipinski definition) is 2. The fourth-order valence-electron chi connectivity index (χ4n) is 2.82. The van der Waals surface area contributed by atoms with Crippen LogP contribution >= 0.6 is 0 Å². The van der Waals surface area contributed by atoms with Gasteiger partial charge in [-0.1, -0.05) is 0 Å². The van der Waals surface area contributed by atoms with Crippen LogP contribution in [0.15, 0.2) is 6.07 Å². The summed E-state index contributed by atoms with van der Waals surface area (Å²) in [4.78, 5) is 14.2. The van der Waals surface area contributed by atoms with Gasteiger partial charge in [-0.25, -0.2) is 0 Å². The number of nitrogens with one attached hydrogen (secondary N) is 2. The number of carbonyl (C=O) groups is 1. The third-order valence-corrected chi connectivity index (χ3v) is 4.33. The molecule has 0 spiro atoms. The van der Waals surface area contributed by atoms with Crippen molar-refractivity contribution in [2.45, 2.75) is 45.1 Å². The number of aromatic nitrogens is 2. The van der Waals surface area contributed by atoms with Gasteiger partial charge in [0.2, 0.25) is 5.91 Å². The summed E-state index contributed by atoms with van der Waals surface area (Å²) in [6, 6.07) is 2.55. The average Bonchev–Trinajstić information content (AvgIpc) is 3.20. The number of hydrogen-bond acceptors (Lipinski definition) is 3. The molecule has 20 heavy (non-hydrogen) atoms. The molecule has 0 radical (unpaired) electrons. The number of rotatable bonds is 5. The van der Waals surface area contributed by atoms with Gasteiger partial charge in [-0.3, -0.25) is 9.89 Å². The number of likely N-dealkylation sites (tertiary alicyclic amines) is 1. The fourth-order valence-corrected chi connectivity index (χ4v) is 2.82. The molecule has 0 aromatic carbocycles. The van der Waals surface area contributed by atoms with Crippen molar-refractivity contribution in [1.82, 2.24) is 20.4 Å². The van der Waals surface area contributed by atoms with E-state index in [9.17, 15) is 4.79 Å². The summed E-state index contributed by atoms with van der Waals surface area (Å²) in [5.41, 5.74) is 1.86. The van der Waals surface area contributed by atoms with Crippen molar-refractivity contribution in [2.75, 3.05) is 19.6 Å². The van der Waals surface area contributed by atoms with Crippen LogP contribution in [0.25, 0.3) is 0 Å². The summed E-state index contributed by atoms with van der Waals surface area (Å²) in [7, 11) is 0. The van der Waals surface area contributed by atoms with E-state index >= 15 is 0 Å². The number of piperidine rings is 1. The molecule has 1 aliphatic carbocycles. The Bertz CT molecular complexity index is 458. The van der Waals surface area contributed by atoms with Crippen molar-refractivity contribution in [1.29, 1.82) is 0 Å². The standard InChI is InChI=1S/C15H24N4O/c1-11-8-14(18-17-11)9-15(20)19-6-4-13(5-7-19)16-10-12-2-3-12/h8,12-13,16H,2-7,9-10H2,1H3,(H,17,18). The van der Waals surface area contributed by atoms with E-state index in [1.54, 1.807) is 0 Å². The Morgan fingerprint density at radius 3 is 2.75 bits per heavy atom. The molecule has 2 N–H and O–H groups in total. The quantitative estimate of drug-likeness (QED) is 0.851. The second kappa shape index (κ2) is 5.95. The Morgan fingerprint density at radius 2 is 2.15 bits per heavy atom. The lowest BCUT2D eigenvalue weighted by atomic mass is 10.0. The first-order valence-corrected chi connectivity index (χ1v) is 7.73. The van der Waals surface area contributed by atoms with Crippen molar-refractivity contribution in [2.24, 2.45) is 5.92 Å². The maximum absolute atomic E-state index is 12.2. The molecule has 110 valence electrons. The summed E-state index contributed by atoms with van der Waals surface area (Å²) in [6.07, 6.45) is 5.38. The zero-order chi connectivity index (χ0) is 13.9. The van der Waals surface area contributed by atoms with Gasteiger partial charge in [-0.05, 0) is 51.1 Å². The van der Waals surface area contributed by atoms with Gasteiger partial charge >= 0.3 is 0 Å². The number of H-pyrrole nitrogens is 1. The number of amides is 1. The van der Waals surface area contributed by atoms with Gasteiger partial charge in [-0.2, -0.15) is 5.10 Å². The highest BCUT2D eigenvalue weighted by atomic mass is 16.2. The van der Waals surface area contributed by atoms with Crippen LogP contribution in [0.4, 0.5) is 0 Å². The summed E-state index contributed by atoms with van der Waals surface area (Å²) < 4.78 is 0. The van der Waals surface area contributed by atoms with Crippen LogP contribution in [0.5, 0.6) is 0 Å². The predicted molar refractivity (Wildman–Crippen MR) is 77.4 cm³/mol. The van der Waals surface area contributed by atoms with Crippen LogP contribution in [0, 0.1) is 12.8 Å². The topological polar surface area (TPSA) is 61.0 Å². The van der Waals surface area contributed by atoms with Gasteiger partial charge in [-0.15, -0.1) is 0 Å². The minimum atomic E-state index is 0.206. The number of carbonyl (C=O) groups excluding carboxylic acids is 1. The molecular weight excluding hydrogens is 252 g/mol. The molecule has 1 aromatic rings. The van der Waals surface area contributed by atoms with Crippen LogP contribution < -0.4 is 5.32 Å². The minimum absolute atomic E-state index is 0.206. The minimum Gasteiger partial charge on any atom is -0.342 e. The maximum Gasteiger partial charge on any atom is 0.228 e. The van der Waals surface area contributed by atoms with E-state index in [0.717, 1.165) is 43.2 Å². The normalized spacial score (nSPS) is 20.4. The van der Waals surface area contributed by atoms with Crippen molar-refractivity contribution < 1.29 is 4.79 Å². The van der Waals surface area contributed by atoms with Crippen molar-refractivity contribution in [3.63, 3.8) is 0 Å². The van der Waals surface area contributed by atoms with Crippen LogP contribution in [0.3, 0.4) is 0 Å².